The average Bonchev–Trinajstić information content (AvgIpc) is 2.21. The fourth-order valence-corrected chi connectivity index (χ4v) is 1.64. The maximum Gasteiger partial charge on any atom is 0.315 e. The van der Waals surface area contributed by atoms with E-state index in [2.05, 4.69) is 0 Å². The van der Waals surface area contributed by atoms with Gasteiger partial charge in [0.1, 0.15) is 17.3 Å². The Balaban J connectivity index is 4.47. The summed E-state index contributed by atoms with van der Waals surface area (Å²) in [5.41, 5.74) is 5.16. The zero-order chi connectivity index (χ0) is 15.0. The molecule has 19 heavy (non-hydrogen) atoms. The smallest absolute Gasteiger partial charge is 0.315 e. The Kier molecular flexibility index (Phi) is 7.59. The normalized spacial score (nSPS) is 10.3. The summed E-state index contributed by atoms with van der Waals surface area (Å²) in [5.74, 6) is -0.319. The molecule has 0 rings (SSSR count). The maximum absolute atomic E-state index is 11.1. The summed E-state index contributed by atoms with van der Waals surface area (Å²) in [5, 5.41) is 0. The number of hydrogen-bond donors (Lipinski definition) is 1. The Morgan fingerprint density at radius 3 is 1.53 bits per heavy atom. The van der Waals surface area contributed by atoms with Crippen LogP contribution in [-0.4, -0.2) is 65.9 Å². The van der Waals surface area contributed by atoms with E-state index in [0.29, 0.717) is 6.54 Å². The summed E-state index contributed by atoms with van der Waals surface area (Å²) in [4.78, 5) is 47.1. The number of carbonyl (C=O) groups is 4. The van der Waals surface area contributed by atoms with E-state index in [1.54, 1.807) is 4.90 Å². The van der Waals surface area contributed by atoms with Crippen molar-refractivity contribution in [2.24, 2.45) is 5.73 Å². The molecule has 0 radical (unpaired) electrons. The van der Waals surface area contributed by atoms with Crippen molar-refractivity contribution in [3.63, 3.8) is 0 Å². The van der Waals surface area contributed by atoms with Gasteiger partial charge in [-0.05, 0) is 20.8 Å². The molecular formula is C12H21N3O4. The van der Waals surface area contributed by atoms with Crippen molar-refractivity contribution in [3.05, 3.63) is 0 Å². The molecule has 0 saturated carbocycles. The third kappa shape index (κ3) is 8.90. The molecule has 2 amide bonds. The van der Waals surface area contributed by atoms with Crippen LogP contribution >= 0.6 is 0 Å². The molecule has 2 N–H and O–H groups in total. The zero-order valence-electron chi connectivity index (χ0n) is 11.6. The maximum atomic E-state index is 11.1. The lowest BCUT2D eigenvalue weighted by molar-refractivity contribution is -0.121. The van der Waals surface area contributed by atoms with Gasteiger partial charge in [-0.3, -0.25) is 19.3 Å². The first-order valence-corrected chi connectivity index (χ1v) is 5.97. The molecule has 7 heteroatoms. The summed E-state index contributed by atoms with van der Waals surface area (Å²) in [6.45, 7) is 4.93. The molecule has 108 valence electrons. The van der Waals surface area contributed by atoms with Gasteiger partial charge in [-0.1, -0.05) is 0 Å². The summed E-state index contributed by atoms with van der Waals surface area (Å²) < 4.78 is 0. The number of primary amides is 1. The van der Waals surface area contributed by atoms with Gasteiger partial charge >= 0.3 is 6.03 Å². The SMILES string of the molecule is CC(=O)CN(CCN(CC(C)=O)C(N)=O)CC(C)=O. The fourth-order valence-electron chi connectivity index (χ4n) is 1.64. The number of amides is 2. The first kappa shape index (κ1) is 17.2. The van der Waals surface area contributed by atoms with Crippen LogP contribution in [0.4, 0.5) is 4.79 Å². The summed E-state index contributed by atoms with van der Waals surface area (Å²) >= 11 is 0. The molecule has 0 fully saturated rings. The summed E-state index contributed by atoms with van der Waals surface area (Å²) in [6, 6.07) is -0.694. The summed E-state index contributed by atoms with van der Waals surface area (Å²) in [7, 11) is 0. The van der Waals surface area contributed by atoms with Gasteiger partial charge in [-0.25, -0.2) is 4.79 Å². The van der Waals surface area contributed by atoms with E-state index >= 15 is 0 Å². The summed E-state index contributed by atoms with van der Waals surface area (Å²) in [6.07, 6.45) is 0. The van der Waals surface area contributed by atoms with Crippen LogP contribution in [0.1, 0.15) is 20.8 Å². The molecule has 0 aliphatic heterocycles. The monoisotopic (exact) mass is 271 g/mol. The van der Waals surface area contributed by atoms with E-state index in [1.165, 1.54) is 25.7 Å². The minimum atomic E-state index is -0.694. The van der Waals surface area contributed by atoms with Crippen LogP contribution in [0.3, 0.4) is 0 Å². The van der Waals surface area contributed by atoms with Crippen LogP contribution in [-0.2, 0) is 14.4 Å². The van der Waals surface area contributed by atoms with Crippen molar-refractivity contribution in [2.75, 3.05) is 32.7 Å². The van der Waals surface area contributed by atoms with Gasteiger partial charge in [0.2, 0.25) is 0 Å². The number of nitrogens with two attached hydrogens (primary N) is 1. The number of Topliss-reactive ketones (excluding diaryl/α,β-unsaturated/α-hetero) is 3. The average molecular weight is 271 g/mol. The molecule has 0 aromatic carbocycles. The Labute approximate surface area is 112 Å². The molecule has 0 aliphatic rings. The van der Waals surface area contributed by atoms with E-state index < -0.39 is 6.03 Å². The highest BCUT2D eigenvalue weighted by Crippen LogP contribution is 1.95. The van der Waals surface area contributed by atoms with Gasteiger partial charge in [0.05, 0.1) is 19.6 Å². The molecule has 7 nitrogen and oxygen atoms in total. The zero-order valence-corrected chi connectivity index (χ0v) is 11.6. The molecule has 0 aromatic rings. The second-order valence-corrected chi connectivity index (χ2v) is 4.58. The van der Waals surface area contributed by atoms with E-state index in [0.717, 1.165) is 0 Å². The lowest BCUT2D eigenvalue weighted by Gasteiger charge is -2.24. The van der Waals surface area contributed by atoms with Crippen LogP contribution in [0.5, 0.6) is 0 Å². The third-order valence-electron chi connectivity index (χ3n) is 2.30. The standard InChI is InChI=1S/C12H21N3O4/c1-9(16)6-14(7-10(2)17)4-5-15(12(13)19)8-11(3)18/h4-8H2,1-3H3,(H2,13,19). The Bertz CT molecular complexity index is 352. The van der Waals surface area contributed by atoms with Gasteiger partial charge in [-0.15, -0.1) is 0 Å². The largest absolute Gasteiger partial charge is 0.351 e. The highest BCUT2D eigenvalue weighted by Gasteiger charge is 2.15. The predicted octanol–water partition coefficient (Wildman–Crippen LogP) is -0.564. The number of ketones is 3. The van der Waals surface area contributed by atoms with Crippen molar-refractivity contribution < 1.29 is 19.2 Å². The van der Waals surface area contributed by atoms with Crippen molar-refractivity contribution in [3.8, 4) is 0 Å². The molecule has 0 aromatic heterocycles. The quantitative estimate of drug-likeness (QED) is 0.605. The minimum Gasteiger partial charge on any atom is -0.351 e. The topological polar surface area (TPSA) is 101 Å². The van der Waals surface area contributed by atoms with Gasteiger partial charge in [0, 0.05) is 13.1 Å². The molecule has 0 aliphatic carbocycles. The Morgan fingerprint density at radius 1 is 0.789 bits per heavy atom. The lowest BCUT2D eigenvalue weighted by atomic mass is 10.3. The van der Waals surface area contributed by atoms with E-state index in [-0.39, 0.29) is 43.5 Å². The van der Waals surface area contributed by atoms with Crippen LogP contribution in [0.15, 0.2) is 0 Å². The minimum absolute atomic E-state index is 0.0662. The highest BCUT2D eigenvalue weighted by atomic mass is 16.2. The lowest BCUT2D eigenvalue weighted by Crippen LogP contribution is -2.45. The predicted molar refractivity (Wildman–Crippen MR) is 69.6 cm³/mol. The highest BCUT2D eigenvalue weighted by molar-refractivity contribution is 5.83. The van der Waals surface area contributed by atoms with Gasteiger partial charge in [0.25, 0.3) is 0 Å². The third-order valence-corrected chi connectivity index (χ3v) is 2.30. The molecule has 0 heterocycles. The second kappa shape index (κ2) is 8.36. The fraction of sp³-hybridized carbons (Fsp3) is 0.667. The van der Waals surface area contributed by atoms with Crippen LogP contribution in [0.25, 0.3) is 0 Å². The molecular weight excluding hydrogens is 250 g/mol. The number of hydrogen-bond acceptors (Lipinski definition) is 5. The van der Waals surface area contributed by atoms with Crippen LogP contribution in [0, 0.1) is 0 Å². The molecule has 0 bridgehead atoms. The van der Waals surface area contributed by atoms with E-state index in [9.17, 15) is 19.2 Å². The van der Waals surface area contributed by atoms with E-state index in [1.807, 2.05) is 0 Å². The first-order valence-electron chi connectivity index (χ1n) is 5.97. The number of rotatable bonds is 9. The molecule has 0 atom stereocenters. The number of nitrogens with zero attached hydrogens (tertiary/aromatic N) is 2. The number of urea groups is 1. The Morgan fingerprint density at radius 2 is 1.21 bits per heavy atom. The Hall–Kier alpha value is -1.76. The van der Waals surface area contributed by atoms with Crippen molar-refractivity contribution in [1.29, 1.82) is 0 Å². The van der Waals surface area contributed by atoms with Gasteiger partial charge in [-0.2, -0.15) is 0 Å². The van der Waals surface area contributed by atoms with Crippen molar-refractivity contribution in [1.82, 2.24) is 9.80 Å². The van der Waals surface area contributed by atoms with Crippen molar-refractivity contribution in [2.45, 2.75) is 20.8 Å². The van der Waals surface area contributed by atoms with Gasteiger partial charge < -0.3 is 10.6 Å². The molecule has 0 unspecified atom stereocenters. The van der Waals surface area contributed by atoms with E-state index in [4.69, 9.17) is 5.73 Å². The van der Waals surface area contributed by atoms with Crippen LogP contribution < -0.4 is 5.73 Å². The van der Waals surface area contributed by atoms with Gasteiger partial charge in [0.15, 0.2) is 0 Å². The van der Waals surface area contributed by atoms with Crippen LogP contribution in [0.2, 0.25) is 0 Å². The first-order chi connectivity index (χ1) is 8.72. The molecule has 0 spiro atoms. The van der Waals surface area contributed by atoms with Crippen molar-refractivity contribution >= 4 is 23.4 Å². The number of carbonyl (C=O) groups excluding carboxylic acids is 4. The second-order valence-electron chi connectivity index (χ2n) is 4.58. The molecule has 0 saturated heterocycles.